The summed E-state index contributed by atoms with van der Waals surface area (Å²) in [5.74, 6) is 0.905. The van der Waals surface area contributed by atoms with Gasteiger partial charge >= 0.3 is 0 Å². The van der Waals surface area contributed by atoms with Crippen LogP contribution < -0.4 is 0 Å². The van der Waals surface area contributed by atoms with E-state index in [9.17, 15) is 0 Å². The Morgan fingerprint density at radius 2 is 2.23 bits per heavy atom. The maximum atomic E-state index is 4.27. The SMILES string of the molecule is C=NN1CCN=C1C(=C)CC.CC. The lowest BCUT2D eigenvalue weighted by Gasteiger charge is -2.13. The summed E-state index contributed by atoms with van der Waals surface area (Å²) in [7, 11) is 0. The molecule has 0 aromatic carbocycles. The lowest BCUT2D eigenvalue weighted by atomic mass is 10.2. The fourth-order valence-corrected chi connectivity index (χ4v) is 1.03. The second-order valence-corrected chi connectivity index (χ2v) is 2.43. The van der Waals surface area contributed by atoms with Gasteiger partial charge in [0, 0.05) is 6.72 Å². The van der Waals surface area contributed by atoms with Gasteiger partial charge in [-0.3, -0.25) is 4.99 Å². The van der Waals surface area contributed by atoms with Gasteiger partial charge in [-0.15, -0.1) is 0 Å². The number of rotatable bonds is 3. The molecule has 3 heteroatoms. The van der Waals surface area contributed by atoms with Crippen LogP contribution in [0.1, 0.15) is 27.2 Å². The second-order valence-electron chi connectivity index (χ2n) is 2.43. The minimum Gasteiger partial charge on any atom is -0.265 e. The molecule has 0 atom stereocenters. The number of nitrogens with zero attached hydrogens (tertiary/aromatic N) is 3. The minimum absolute atomic E-state index is 0.813. The first-order chi connectivity index (χ1) is 6.29. The highest BCUT2D eigenvalue weighted by Gasteiger charge is 2.16. The van der Waals surface area contributed by atoms with E-state index in [-0.39, 0.29) is 0 Å². The molecule has 0 aliphatic carbocycles. The van der Waals surface area contributed by atoms with Crippen LogP contribution in [0.3, 0.4) is 0 Å². The number of hydrazone groups is 1. The first-order valence-electron chi connectivity index (χ1n) is 4.76. The highest BCUT2D eigenvalue weighted by atomic mass is 15.5. The molecule has 13 heavy (non-hydrogen) atoms. The third-order valence-corrected chi connectivity index (χ3v) is 1.73. The fourth-order valence-electron chi connectivity index (χ4n) is 1.03. The van der Waals surface area contributed by atoms with E-state index in [1.807, 2.05) is 13.8 Å². The van der Waals surface area contributed by atoms with Crippen LogP contribution >= 0.6 is 0 Å². The van der Waals surface area contributed by atoms with E-state index in [1.54, 1.807) is 5.01 Å². The molecule has 74 valence electrons. The summed E-state index contributed by atoms with van der Waals surface area (Å²) >= 11 is 0. The highest BCUT2D eigenvalue weighted by molar-refractivity contribution is 5.98. The molecule has 1 heterocycles. The van der Waals surface area contributed by atoms with E-state index in [0.29, 0.717) is 0 Å². The molecule has 0 fully saturated rings. The zero-order chi connectivity index (χ0) is 10.3. The first-order valence-corrected chi connectivity index (χ1v) is 4.76. The van der Waals surface area contributed by atoms with Gasteiger partial charge < -0.3 is 0 Å². The van der Waals surface area contributed by atoms with Crippen LogP contribution in [0.2, 0.25) is 0 Å². The average Bonchev–Trinajstić information content (AvgIpc) is 2.67. The van der Waals surface area contributed by atoms with E-state index >= 15 is 0 Å². The smallest absolute Gasteiger partial charge is 0.146 e. The van der Waals surface area contributed by atoms with Gasteiger partial charge in [-0.25, -0.2) is 5.01 Å². The van der Waals surface area contributed by atoms with Crippen molar-refractivity contribution in [1.82, 2.24) is 5.01 Å². The normalized spacial score (nSPS) is 14.4. The van der Waals surface area contributed by atoms with Crippen LogP contribution in [0.5, 0.6) is 0 Å². The summed E-state index contributed by atoms with van der Waals surface area (Å²) in [6.07, 6.45) is 0.921. The van der Waals surface area contributed by atoms with E-state index in [2.05, 4.69) is 30.3 Å². The van der Waals surface area contributed by atoms with Crippen LogP contribution in [0.15, 0.2) is 22.2 Å². The van der Waals surface area contributed by atoms with Gasteiger partial charge in [0.25, 0.3) is 0 Å². The Morgan fingerprint density at radius 1 is 1.62 bits per heavy atom. The predicted octanol–water partition coefficient (Wildman–Crippen LogP) is 2.31. The molecule has 0 saturated heterocycles. The molecule has 1 aliphatic rings. The van der Waals surface area contributed by atoms with Crippen LogP contribution in [0.25, 0.3) is 0 Å². The summed E-state index contributed by atoms with van der Waals surface area (Å²) in [5.41, 5.74) is 1.04. The number of hydrogen-bond acceptors (Lipinski definition) is 3. The Hall–Kier alpha value is -1.12. The van der Waals surface area contributed by atoms with Gasteiger partial charge in [0.05, 0.1) is 13.1 Å². The van der Waals surface area contributed by atoms with Crippen molar-refractivity contribution >= 4 is 12.6 Å². The van der Waals surface area contributed by atoms with Crippen molar-refractivity contribution in [3.63, 3.8) is 0 Å². The Bertz CT molecular complexity index is 206. The molecular formula is C10H19N3. The van der Waals surface area contributed by atoms with Crippen molar-refractivity contribution in [3.05, 3.63) is 12.2 Å². The number of amidine groups is 1. The molecule has 0 aromatic rings. The predicted molar refractivity (Wildman–Crippen MR) is 59.3 cm³/mol. The molecule has 0 bridgehead atoms. The van der Waals surface area contributed by atoms with Gasteiger partial charge in [-0.1, -0.05) is 27.4 Å². The van der Waals surface area contributed by atoms with Gasteiger partial charge in [0.2, 0.25) is 0 Å². The summed E-state index contributed by atoms with van der Waals surface area (Å²) in [4.78, 5) is 4.27. The van der Waals surface area contributed by atoms with Crippen molar-refractivity contribution in [1.29, 1.82) is 0 Å². The monoisotopic (exact) mass is 181 g/mol. The fraction of sp³-hybridized carbons (Fsp3) is 0.600. The molecular weight excluding hydrogens is 162 g/mol. The number of hydrogen-bond donors (Lipinski definition) is 0. The van der Waals surface area contributed by atoms with Gasteiger partial charge in [-0.2, -0.15) is 5.10 Å². The standard InChI is InChI=1S/C8H13N3.C2H6/c1-4-7(2)8-10-5-6-11(8)9-3;1-2/h2-6H2,1H3;1-2H3. The zero-order valence-electron chi connectivity index (χ0n) is 8.88. The maximum Gasteiger partial charge on any atom is 0.146 e. The first kappa shape index (κ1) is 11.9. The molecule has 0 saturated carbocycles. The molecule has 3 nitrogen and oxygen atoms in total. The molecule has 0 aromatic heterocycles. The second kappa shape index (κ2) is 6.40. The largest absolute Gasteiger partial charge is 0.265 e. The van der Waals surface area contributed by atoms with Gasteiger partial charge in [0.15, 0.2) is 0 Å². The third kappa shape index (κ3) is 3.01. The number of aliphatic imine (C=N–C) groups is 1. The zero-order valence-corrected chi connectivity index (χ0v) is 8.88. The van der Waals surface area contributed by atoms with Crippen molar-refractivity contribution in [2.24, 2.45) is 10.1 Å². The Morgan fingerprint density at radius 3 is 2.69 bits per heavy atom. The Kier molecular flexibility index (Phi) is 5.85. The highest BCUT2D eigenvalue weighted by Crippen LogP contribution is 2.10. The van der Waals surface area contributed by atoms with E-state index in [0.717, 1.165) is 30.9 Å². The summed E-state index contributed by atoms with van der Waals surface area (Å²) in [6.45, 7) is 15.1. The lowest BCUT2D eigenvalue weighted by Crippen LogP contribution is -2.22. The third-order valence-electron chi connectivity index (χ3n) is 1.73. The van der Waals surface area contributed by atoms with Gasteiger partial charge in [-0.05, 0) is 12.0 Å². The van der Waals surface area contributed by atoms with Crippen molar-refractivity contribution in [3.8, 4) is 0 Å². The quantitative estimate of drug-likeness (QED) is 0.614. The lowest BCUT2D eigenvalue weighted by molar-refractivity contribution is 0.492. The van der Waals surface area contributed by atoms with Crippen LogP contribution in [-0.2, 0) is 0 Å². The summed E-state index contributed by atoms with van der Waals surface area (Å²) in [6, 6.07) is 0. The van der Waals surface area contributed by atoms with Crippen LogP contribution in [0, 0.1) is 0 Å². The van der Waals surface area contributed by atoms with Crippen LogP contribution in [-0.4, -0.2) is 30.7 Å². The van der Waals surface area contributed by atoms with Crippen LogP contribution in [0.4, 0.5) is 0 Å². The minimum atomic E-state index is 0.813. The molecule has 1 aliphatic heterocycles. The van der Waals surface area contributed by atoms with Crippen molar-refractivity contribution < 1.29 is 0 Å². The summed E-state index contributed by atoms with van der Waals surface area (Å²) in [5, 5.41) is 5.63. The Labute approximate surface area is 80.9 Å². The molecule has 0 radical (unpaired) electrons. The maximum absolute atomic E-state index is 4.27. The average molecular weight is 181 g/mol. The molecule has 0 N–H and O–H groups in total. The van der Waals surface area contributed by atoms with Gasteiger partial charge in [0.1, 0.15) is 5.84 Å². The van der Waals surface area contributed by atoms with Crippen molar-refractivity contribution in [2.45, 2.75) is 27.2 Å². The molecule has 0 amide bonds. The molecule has 1 rings (SSSR count). The molecule has 0 spiro atoms. The van der Waals surface area contributed by atoms with E-state index < -0.39 is 0 Å². The Balaban J connectivity index is 0.000000671. The topological polar surface area (TPSA) is 28.0 Å². The molecule has 0 unspecified atom stereocenters. The van der Waals surface area contributed by atoms with E-state index in [4.69, 9.17) is 0 Å². The van der Waals surface area contributed by atoms with Crippen molar-refractivity contribution in [2.75, 3.05) is 13.1 Å². The van der Waals surface area contributed by atoms with E-state index in [1.165, 1.54) is 0 Å². The summed E-state index contributed by atoms with van der Waals surface area (Å²) < 4.78 is 0.